The Morgan fingerprint density at radius 3 is 2.52 bits per heavy atom. The van der Waals surface area contributed by atoms with Crippen LogP contribution in [0.4, 0.5) is 0 Å². The molecule has 8 nitrogen and oxygen atoms in total. The van der Waals surface area contributed by atoms with Gasteiger partial charge >= 0.3 is 5.97 Å². The van der Waals surface area contributed by atoms with Gasteiger partial charge in [0.15, 0.2) is 18.3 Å². The van der Waals surface area contributed by atoms with Crippen molar-refractivity contribution >= 4 is 29.2 Å². The van der Waals surface area contributed by atoms with Crippen molar-refractivity contribution in [2.75, 3.05) is 0 Å². The van der Waals surface area contributed by atoms with Crippen molar-refractivity contribution in [2.45, 2.75) is 33.5 Å². The van der Waals surface area contributed by atoms with Gasteiger partial charge in [-0.25, -0.2) is 9.78 Å². The predicted molar refractivity (Wildman–Crippen MR) is 109 cm³/mol. The van der Waals surface area contributed by atoms with Crippen molar-refractivity contribution < 1.29 is 14.6 Å². The number of ether oxygens (including phenoxy) is 1. The maximum Gasteiger partial charge on any atom is 0.341 e. The van der Waals surface area contributed by atoms with Gasteiger partial charge in [-0.3, -0.25) is 9.48 Å². The van der Waals surface area contributed by atoms with Crippen LogP contribution in [0.5, 0.6) is 5.88 Å². The van der Waals surface area contributed by atoms with Crippen LogP contribution < -0.4 is 10.2 Å². The van der Waals surface area contributed by atoms with Gasteiger partial charge < -0.3 is 14.4 Å². The molecule has 0 fully saturated rings. The third kappa shape index (κ3) is 4.28. The van der Waals surface area contributed by atoms with Gasteiger partial charge in [-0.15, -0.1) is 0 Å². The highest BCUT2D eigenvalue weighted by Gasteiger charge is 2.23. The summed E-state index contributed by atoms with van der Waals surface area (Å²) in [6.45, 7) is 4.79. The molecule has 0 aliphatic rings. The molecule has 10 heteroatoms. The number of aryl methyl sites for hydroxylation is 1. The van der Waals surface area contributed by atoms with Crippen LogP contribution in [-0.4, -0.2) is 30.4 Å². The van der Waals surface area contributed by atoms with E-state index in [4.69, 9.17) is 27.9 Å². The summed E-state index contributed by atoms with van der Waals surface area (Å²) >= 11 is 12.1. The van der Waals surface area contributed by atoms with Gasteiger partial charge in [-0.05, 0) is 26.0 Å². The standard InChI is InChI=1S/C19H18Cl2N4O4/c1-3-24-10-22-15(23-24)9-29-16-8-14(26)17(19(27)28)18(25(16)4-2)11-5-6-12(20)13(21)7-11/h5-8,10H,3-4,9H2,1-2H3,(H,27,28). The lowest BCUT2D eigenvalue weighted by atomic mass is 10.0. The Morgan fingerprint density at radius 1 is 1.17 bits per heavy atom. The number of nitrogens with zero attached hydrogens (tertiary/aromatic N) is 4. The fourth-order valence-electron chi connectivity index (χ4n) is 2.90. The highest BCUT2D eigenvalue weighted by molar-refractivity contribution is 6.42. The van der Waals surface area contributed by atoms with Crippen molar-refractivity contribution in [1.82, 2.24) is 19.3 Å². The molecule has 3 aromatic rings. The highest BCUT2D eigenvalue weighted by atomic mass is 35.5. The third-order valence-corrected chi connectivity index (χ3v) is 4.99. The lowest BCUT2D eigenvalue weighted by Crippen LogP contribution is -2.22. The molecule has 0 bridgehead atoms. The summed E-state index contributed by atoms with van der Waals surface area (Å²) < 4.78 is 9.03. The van der Waals surface area contributed by atoms with E-state index >= 15 is 0 Å². The molecule has 3 rings (SSSR count). The summed E-state index contributed by atoms with van der Waals surface area (Å²) in [6.07, 6.45) is 1.58. The van der Waals surface area contributed by atoms with E-state index in [-0.39, 0.29) is 28.8 Å². The molecule has 2 heterocycles. The van der Waals surface area contributed by atoms with Crippen molar-refractivity contribution in [3.05, 3.63) is 62.2 Å². The molecule has 152 valence electrons. The number of pyridine rings is 1. The van der Waals surface area contributed by atoms with Crippen LogP contribution in [0.1, 0.15) is 30.0 Å². The van der Waals surface area contributed by atoms with Gasteiger partial charge in [0, 0.05) is 24.7 Å². The fourth-order valence-corrected chi connectivity index (χ4v) is 3.20. The number of hydrogen-bond acceptors (Lipinski definition) is 5. The molecule has 1 N–H and O–H groups in total. The molecule has 0 radical (unpaired) electrons. The van der Waals surface area contributed by atoms with Crippen molar-refractivity contribution in [3.63, 3.8) is 0 Å². The fraction of sp³-hybridized carbons (Fsp3) is 0.263. The maximum atomic E-state index is 12.6. The molecule has 0 saturated heterocycles. The number of aromatic nitrogens is 4. The Balaban J connectivity index is 2.12. The molecule has 0 amide bonds. The number of aromatic carboxylic acids is 1. The molecule has 29 heavy (non-hydrogen) atoms. The van der Waals surface area contributed by atoms with E-state index in [0.717, 1.165) is 6.07 Å². The van der Waals surface area contributed by atoms with Gasteiger partial charge in [-0.2, -0.15) is 5.10 Å². The van der Waals surface area contributed by atoms with Crippen molar-refractivity contribution in [1.29, 1.82) is 0 Å². The molecule has 0 saturated carbocycles. The SMILES string of the molecule is CCn1cnc(COc2cc(=O)c(C(=O)O)c(-c3ccc(Cl)c(Cl)c3)n2CC)n1. The quantitative estimate of drug-likeness (QED) is 0.605. The first-order valence-electron chi connectivity index (χ1n) is 8.83. The van der Waals surface area contributed by atoms with Crippen LogP contribution in [0.25, 0.3) is 11.3 Å². The second-order valence-corrected chi connectivity index (χ2v) is 6.87. The van der Waals surface area contributed by atoms with Crippen molar-refractivity contribution in [2.24, 2.45) is 0 Å². The van der Waals surface area contributed by atoms with Crippen LogP contribution in [0.2, 0.25) is 10.0 Å². The van der Waals surface area contributed by atoms with Crippen LogP contribution >= 0.6 is 23.2 Å². The number of hydrogen-bond donors (Lipinski definition) is 1. The molecule has 2 aromatic heterocycles. The molecule has 0 atom stereocenters. The van der Waals surface area contributed by atoms with E-state index in [1.165, 1.54) is 6.07 Å². The van der Waals surface area contributed by atoms with E-state index < -0.39 is 11.4 Å². The van der Waals surface area contributed by atoms with Crippen molar-refractivity contribution in [3.8, 4) is 17.1 Å². The van der Waals surface area contributed by atoms with E-state index in [1.54, 1.807) is 27.7 Å². The Labute approximate surface area is 176 Å². The summed E-state index contributed by atoms with van der Waals surface area (Å²) in [7, 11) is 0. The van der Waals surface area contributed by atoms with Gasteiger partial charge in [0.25, 0.3) is 0 Å². The van der Waals surface area contributed by atoms with Gasteiger partial charge in [0.05, 0.1) is 15.7 Å². The van der Waals surface area contributed by atoms with Crippen LogP contribution in [0.3, 0.4) is 0 Å². The number of benzene rings is 1. The summed E-state index contributed by atoms with van der Waals surface area (Å²) in [5, 5.41) is 14.4. The van der Waals surface area contributed by atoms with Crippen LogP contribution in [-0.2, 0) is 19.7 Å². The van der Waals surface area contributed by atoms with E-state index in [0.29, 0.717) is 29.5 Å². The minimum Gasteiger partial charge on any atom is -0.477 e. The summed E-state index contributed by atoms with van der Waals surface area (Å²) in [6, 6.07) is 5.83. The molecule has 0 aliphatic carbocycles. The normalized spacial score (nSPS) is 10.9. The second kappa shape index (κ2) is 8.67. The van der Waals surface area contributed by atoms with E-state index in [9.17, 15) is 14.7 Å². The highest BCUT2D eigenvalue weighted by Crippen LogP contribution is 2.32. The first kappa shape index (κ1) is 20.9. The topological polar surface area (TPSA) is 99.2 Å². The number of carboxylic acids is 1. The molecule has 0 spiro atoms. The largest absolute Gasteiger partial charge is 0.477 e. The molecular formula is C19H18Cl2N4O4. The summed E-state index contributed by atoms with van der Waals surface area (Å²) in [4.78, 5) is 28.6. The Hall–Kier alpha value is -2.84. The molecule has 1 aromatic carbocycles. The average molecular weight is 437 g/mol. The molecular weight excluding hydrogens is 419 g/mol. The third-order valence-electron chi connectivity index (χ3n) is 4.25. The maximum absolute atomic E-state index is 12.6. The molecule has 0 aliphatic heterocycles. The first-order valence-corrected chi connectivity index (χ1v) is 9.58. The lowest BCUT2D eigenvalue weighted by molar-refractivity contribution is 0.0695. The minimum absolute atomic E-state index is 0.0275. The predicted octanol–water partition coefficient (Wildman–Crippen LogP) is 3.73. The van der Waals surface area contributed by atoms with Crippen LogP contribution in [0, 0.1) is 0 Å². The zero-order valence-corrected chi connectivity index (χ0v) is 17.2. The Kier molecular flexibility index (Phi) is 6.24. The monoisotopic (exact) mass is 436 g/mol. The Morgan fingerprint density at radius 2 is 1.93 bits per heavy atom. The number of halogens is 2. The summed E-state index contributed by atoms with van der Waals surface area (Å²) in [5.41, 5.74) is -0.418. The zero-order chi connectivity index (χ0) is 21.1. The summed E-state index contributed by atoms with van der Waals surface area (Å²) in [5.74, 6) is -0.690. The minimum atomic E-state index is -1.34. The van der Waals surface area contributed by atoms with E-state index in [1.807, 2.05) is 13.8 Å². The van der Waals surface area contributed by atoms with Gasteiger partial charge in [-0.1, -0.05) is 29.3 Å². The Bertz CT molecular complexity index is 1120. The first-order chi connectivity index (χ1) is 13.8. The lowest BCUT2D eigenvalue weighted by Gasteiger charge is -2.19. The van der Waals surface area contributed by atoms with Gasteiger partial charge in [0.1, 0.15) is 11.9 Å². The average Bonchev–Trinajstić information content (AvgIpc) is 3.15. The van der Waals surface area contributed by atoms with Crippen LogP contribution in [0.15, 0.2) is 35.4 Å². The van der Waals surface area contributed by atoms with E-state index in [2.05, 4.69) is 10.1 Å². The smallest absolute Gasteiger partial charge is 0.341 e. The van der Waals surface area contributed by atoms with Gasteiger partial charge in [0.2, 0.25) is 5.43 Å². The number of carbonyl (C=O) groups is 1. The number of rotatable bonds is 7. The number of carboxylic acid groups (broad SMARTS) is 1. The molecule has 0 unspecified atom stereocenters. The second-order valence-electron chi connectivity index (χ2n) is 6.05. The zero-order valence-electron chi connectivity index (χ0n) is 15.7.